The summed E-state index contributed by atoms with van der Waals surface area (Å²) in [4.78, 5) is 14.5. The average Bonchev–Trinajstić information content (AvgIpc) is 2.71. The van der Waals surface area contributed by atoms with E-state index < -0.39 is 0 Å². The lowest BCUT2D eigenvalue weighted by Crippen LogP contribution is -1.87. The molecule has 0 saturated heterocycles. The van der Waals surface area contributed by atoms with E-state index in [0.29, 0.717) is 5.69 Å². The molecule has 2 heterocycles. The van der Waals surface area contributed by atoms with Crippen LogP contribution in [-0.4, -0.2) is 11.3 Å². The van der Waals surface area contributed by atoms with E-state index >= 15 is 0 Å². The van der Waals surface area contributed by atoms with Crippen LogP contribution in [0.25, 0.3) is 11.3 Å². The van der Waals surface area contributed by atoms with Gasteiger partial charge in [0.15, 0.2) is 6.29 Å². The maximum absolute atomic E-state index is 10.4. The first-order valence-corrected chi connectivity index (χ1v) is 3.85. The maximum Gasteiger partial charge on any atom is 0.168 e. The van der Waals surface area contributed by atoms with Crippen LogP contribution in [0.5, 0.6) is 0 Å². The van der Waals surface area contributed by atoms with Gasteiger partial charge in [-0.2, -0.15) is 0 Å². The van der Waals surface area contributed by atoms with Gasteiger partial charge in [0.1, 0.15) is 5.69 Å². The van der Waals surface area contributed by atoms with Crippen molar-refractivity contribution in [1.29, 1.82) is 0 Å². The van der Waals surface area contributed by atoms with Crippen LogP contribution in [0, 0.1) is 0 Å². The molecule has 0 aliphatic heterocycles. The highest BCUT2D eigenvalue weighted by Crippen LogP contribution is 2.16. The number of carbonyl (C=O) groups excluding carboxylic acids is 1. The molecule has 0 fully saturated rings. The lowest BCUT2D eigenvalue weighted by atomic mass is 10.2. The molecule has 13 heavy (non-hydrogen) atoms. The van der Waals surface area contributed by atoms with Crippen molar-refractivity contribution in [3.05, 3.63) is 42.5 Å². The average molecular weight is 173 g/mol. The first-order chi connectivity index (χ1) is 6.40. The van der Waals surface area contributed by atoms with Gasteiger partial charge in [-0.3, -0.25) is 4.79 Å². The predicted octanol–water partition coefficient (Wildman–Crippen LogP) is 2.15. The SMILES string of the molecule is O=Cc1cccc(-c2ccoc2)n1. The van der Waals surface area contributed by atoms with E-state index in [4.69, 9.17) is 4.42 Å². The Morgan fingerprint density at radius 3 is 2.92 bits per heavy atom. The summed E-state index contributed by atoms with van der Waals surface area (Å²) in [5, 5.41) is 0. The summed E-state index contributed by atoms with van der Waals surface area (Å²) >= 11 is 0. The second-order valence-corrected chi connectivity index (χ2v) is 2.58. The highest BCUT2D eigenvalue weighted by Gasteiger charge is 2.00. The van der Waals surface area contributed by atoms with Gasteiger partial charge >= 0.3 is 0 Å². The highest BCUT2D eigenvalue weighted by atomic mass is 16.3. The first kappa shape index (κ1) is 7.73. The quantitative estimate of drug-likeness (QED) is 0.653. The number of aromatic nitrogens is 1. The molecule has 0 atom stereocenters. The summed E-state index contributed by atoms with van der Waals surface area (Å²) in [6.45, 7) is 0. The third-order valence-electron chi connectivity index (χ3n) is 1.71. The fourth-order valence-electron chi connectivity index (χ4n) is 1.09. The number of nitrogens with zero attached hydrogens (tertiary/aromatic N) is 1. The predicted molar refractivity (Wildman–Crippen MR) is 47.3 cm³/mol. The Bertz CT molecular complexity index is 407. The Kier molecular flexibility index (Phi) is 1.92. The van der Waals surface area contributed by atoms with Crippen LogP contribution in [0.3, 0.4) is 0 Å². The summed E-state index contributed by atoms with van der Waals surface area (Å²) < 4.78 is 4.91. The standard InChI is InChI=1S/C10H7NO2/c12-6-9-2-1-3-10(11-9)8-4-5-13-7-8/h1-7H. The Hall–Kier alpha value is -1.90. The monoisotopic (exact) mass is 173 g/mol. The van der Waals surface area contributed by atoms with Gasteiger partial charge in [-0.05, 0) is 18.2 Å². The zero-order valence-electron chi connectivity index (χ0n) is 6.81. The summed E-state index contributed by atoms with van der Waals surface area (Å²) in [5.41, 5.74) is 2.06. The van der Waals surface area contributed by atoms with E-state index in [0.717, 1.165) is 17.5 Å². The van der Waals surface area contributed by atoms with E-state index in [1.807, 2.05) is 6.07 Å². The normalized spacial score (nSPS) is 9.85. The third kappa shape index (κ3) is 1.49. The zero-order valence-corrected chi connectivity index (χ0v) is 6.81. The van der Waals surface area contributed by atoms with Crippen molar-refractivity contribution < 1.29 is 9.21 Å². The number of hydrogen-bond acceptors (Lipinski definition) is 3. The van der Waals surface area contributed by atoms with Crippen molar-refractivity contribution in [2.24, 2.45) is 0 Å². The van der Waals surface area contributed by atoms with Gasteiger partial charge in [-0.1, -0.05) is 6.07 Å². The Balaban J connectivity index is 2.47. The van der Waals surface area contributed by atoms with Gasteiger partial charge in [0.2, 0.25) is 0 Å². The molecule has 0 aliphatic rings. The van der Waals surface area contributed by atoms with Gasteiger partial charge in [0.25, 0.3) is 0 Å². The minimum absolute atomic E-state index is 0.429. The zero-order chi connectivity index (χ0) is 9.10. The molecule has 2 rings (SSSR count). The van der Waals surface area contributed by atoms with E-state index in [2.05, 4.69) is 4.98 Å². The van der Waals surface area contributed by atoms with E-state index in [-0.39, 0.29) is 0 Å². The highest BCUT2D eigenvalue weighted by molar-refractivity contribution is 5.73. The van der Waals surface area contributed by atoms with Crippen LogP contribution in [0.15, 0.2) is 41.2 Å². The van der Waals surface area contributed by atoms with Gasteiger partial charge in [-0.25, -0.2) is 4.98 Å². The Labute approximate surface area is 75.0 Å². The number of hydrogen-bond donors (Lipinski definition) is 0. The largest absolute Gasteiger partial charge is 0.472 e. The van der Waals surface area contributed by atoms with Crippen LogP contribution < -0.4 is 0 Å². The van der Waals surface area contributed by atoms with Crippen LogP contribution in [-0.2, 0) is 0 Å². The fraction of sp³-hybridized carbons (Fsp3) is 0. The third-order valence-corrected chi connectivity index (χ3v) is 1.71. The van der Waals surface area contributed by atoms with E-state index in [9.17, 15) is 4.79 Å². The summed E-state index contributed by atoms with van der Waals surface area (Å²) in [5.74, 6) is 0. The molecule has 0 aliphatic carbocycles. The molecule has 3 nitrogen and oxygen atoms in total. The van der Waals surface area contributed by atoms with Crippen LogP contribution in [0.2, 0.25) is 0 Å². The number of pyridine rings is 1. The second kappa shape index (κ2) is 3.23. The lowest BCUT2D eigenvalue weighted by molar-refractivity contribution is 0.111. The topological polar surface area (TPSA) is 43.1 Å². The Morgan fingerprint density at radius 2 is 2.23 bits per heavy atom. The molecule has 0 radical (unpaired) electrons. The summed E-state index contributed by atoms with van der Waals surface area (Å²) in [6.07, 6.45) is 3.89. The maximum atomic E-state index is 10.4. The molecule has 0 bridgehead atoms. The summed E-state index contributed by atoms with van der Waals surface area (Å²) in [7, 11) is 0. The van der Waals surface area contributed by atoms with Crippen molar-refractivity contribution >= 4 is 6.29 Å². The summed E-state index contributed by atoms with van der Waals surface area (Å²) in [6, 6.07) is 7.09. The Morgan fingerprint density at radius 1 is 1.31 bits per heavy atom. The lowest BCUT2D eigenvalue weighted by Gasteiger charge is -1.95. The second-order valence-electron chi connectivity index (χ2n) is 2.58. The number of rotatable bonds is 2. The van der Waals surface area contributed by atoms with Crippen molar-refractivity contribution in [1.82, 2.24) is 4.98 Å². The number of aldehydes is 1. The molecular formula is C10H7NO2. The number of carbonyl (C=O) groups is 1. The molecule has 0 amide bonds. The van der Waals surface area contributed by atoms with Crippen molar-refractivity contribution in [3.8, 4) is 11.3 Å². The van der Waals surface area contributed by atoms with Gasteiger partial charge in [0.05, 0.1) is 18.2 Å². The van der Waals surface area contributed by atoms with E-state index in [1.165, 1.54) is 0 Å². The van der Waals surface area contributed by atoms with Crippen LogP contribution in [0.1, 0.15) is 10.5 Å². The molecule has 0 spiro atoms. The molecule has 64 valence electrons. The fourth-order valence-corrected chi connectivity index (χ4v) is 1.09. The first-order valence-electron chi connectivity index (χ1n) is 3.85. The van der Waals surface area contributed by atoms with Gasteiger partial charge in [-0.15, -0.1) is 0 Å². The van der Waals surface area contributed by atoms with Crippen molar-refractivity contribution in [2.75, 3.05) is 0 Å². The number of furan rings is 1. The minimum atomic E-state index is 0.429. The van der Waals surface area contributed by atoms with E-state index in [1.54, 1.807) is 30.7 Å². The molecule has 2 aromatic rings. The molecule has 2 aromatic heterocycles. The van der Waals surface area contributed by atoms with Gasteiger partial charge in [0, 0.05) is 5.56 Å². The molecule has 0 saturated carbocycles. The van der Waals surface area contributed by atoms with Crippen molar-refractivity contribution in [3.63, 3.8) is 0 Å². The van der Waals surface area contributed by atoms with Crippen molar-refractivity contribution in [2.45, 2.75) is 0 Å². The molecular weight excluding hydrogens is 166 g/mol. The van der Waals surface area contributed by atoms with Gasteiger partial charge < -0.3 is 4.42 Å². The van der Waals surface area contributed by atoms with Crippen LogP contribution >= 0.6 is 0 Å². The molecule has 0 aromatic carbocycles. The minimum Gasteiger partial charge on any atom is -0.472 e. The molecule has 3 heteroatoms. The smallest absolute Gasteiger partial charge is 0.168 e. The van der Waals surface area contributed by atoms with Crippen LogP contribution in [0.4, 0.5) is 0 Å². The molecule has 0 N–H and O–H groups in total. The molecule has 0 unspecified atom stereocenters.